The number of rotatable bonds is 3. The van der Waals surface area contributed by atoms with E-state index in [4.69, 9.17) is 0 Å². The Hall–Kier alpha value is -2.14. The molecule has 5 heteroatoms. The molecule has 1 saturated heterocycles. The minimum Gasteiger partial charge on any atom is -0.304 e. The molecule has 0 spiro atoms. The Bertz CT molecular complexity index is 725. The third-order valence-electron chi connectivity index (χ3n) is 3.44. The molecule has 22 heavy (non-hydrogen) atoms. The molecule has 0 radical (unpaired) electrons. The van der Waals surface area contributed by atoms with Crippen LogP contribution in [0.3, 0.4) is 0 Å². The summed E-state index contributed by atoms with van der Waals surface area (Å²) in [5, 5.41) is 3.33. The predicted molar refractivity (Wildman–Crippen MR) is 90.5 cm³/mol. The molecule has 2 aromatic rings. The van der Waals surface area contributed by atoms with E-state index in [1.54, 1.807) is 6.20 Å². The van der Waals surface area contributed by atoms with Crippen LogP contribution in [0.2, 0.25) is 0 Å². The van der Waals surface area contributed by atoms with E-state index in [0.29, 0.717) is 17.4 Å². The average Bonchev–Trinajstić information content (AvgIpc) is 2.81. The Labute approximate surface area is 134 Å². The van der Waals surface area contributed by atoms with E-state index >= 15 is 0 Å². The van der Waals surface area contributed by atoms with Crippen molar-refractivity contribution >= 4 is 28.7 Å². The lowest BCUT2D eigenvalue weighted by Crippen LogP contribution is -2.25. The van der Waals surface area contributed by atoms with Gasteiger partial charge in [0.25, 0.3) is 0 Å². The summed E-state index contributed by atoms with van der Waals surface area (Å²) < 4.78 is 0. The number of hydrogen-bond donors (Lipinski definition) is 1. The number of carbonyl (C=O) groups excluding carboxylic acids is 1. The van der Waals surface area contributed by atoms with Gasteiger partial charge in [0, 0.05) is 6.20 Å². The van der Waals surface area contributed by atoms with Crippen molar-refractivity contribution in [3.8, 4) is 0 Å². The van der Waals surface area contributed by atoms with E-state index in [-0.39, 0.29) is 11.2 Å². The zero-order chi connectivity index (χ0) is 15.5. The average molecular weight is 311 g/mol. The molecule has 1 N–H and O–H groups in total. The minimum atomic E-state index is -0.133. The lowest BCUT2D eigenvalue weighted by atomic mass is 10.1. The van der Waals surface area contributed by atoms with Crippen LogP contribution in [0.5, 0.6) is 0 Å². The highest BCUT2D eigenvalue weighted by Crippen LogP contribution is 2.25. The second kappa shape index (κ2) is 6.32. The van der Waals surface area contributed by atoms with Crippen LogP contribution >= 0.6 is 11.8 Å². The maximum atomic E-state index is 12.1. The van der Waals surface area contributed by atoms with Crippen LogP contribution in [0.15, 0.2) is 47.6 Å². The zero-order valence-corrected chi connectivity index (χ0v) is 13.4. The Morgan fingerprint density at radius 2 is 1.95 bits per heavy atom. The largest absolute Gasteiger partial charge is 0.304 e. The Morgan fingerprint density at radius 1 is 1.18 bits per heavy atom. The van der Waals surface area contributed by atoms with Crippen molar-refractivity contribution in [1.29, 1.82) is 0 Å². The van der Waals surface area contributed by atoms with Gasteiger partial charge in [-0.2, -0.15) is 0 Å². The highest BCUT2D eigenvalue weighted by Gasteiger charge is 2.30. The Morgan fingerprint density at radius 3 is 2.68 bits per heavy atom. The van der Waals surface area contributed by atoms with E-state index in [1.165, 1.54) is 17.3 Å². The molecule has 0 bridgehead atoms. The standard InChI is InChI=1S/C17H17N3OS/c1-11-3-5-13(6-4-11)10-14-16(21)20-17(22-14)19-15-9-12(2)7-8-18-15/h3-9,14H,10H2,1-2H3,(H,18,19,20,21). The smallest absolute Gasteiger partial charge is 0.239 e. The van der Waals surface area contributed by atoms with E-state index < -0.39 is 0 Å². The van der Waals surface area contributed by atoms with E-state index in [0.717, 1.165) is 11.1 Å². The summed E-state index contributed by atoms with van der Waals surface area (Å²) in [6, 6.07) is 12.1. The molecule has 0 aliphatic carbocycles. The Balaban J connectivity index is 1.71. The van der Waals surface area contributed by atoms with Crippen LogP contribution in [-0.2, 0) is 11.2 Å². The van der Waals surface area contributed by atoms with Gasteiger partial charge in [-0.25, -0.2) is 9.98 Å². The topological polar surface area (TPSA) is 54.4 Å². The van der Waals surface area contributed by atoms with Gasteiger partial charge in [-0.15, -0.1) is 0 Å². The van der Waals surface area contributed by atoms with E-state index in [2.05, 4.69) is 46.5 Å². The number of pyridine rings is 1. The summed E-state index contributed by atoms with van der Waals surface area (Å²) in [5.41, 5.74) is 3.48. The number of nitrogens with zero attached hydrogens (tertiary/aromatic N) is 2. The highest BCUT2D eigenvalue weighted by atomic mass is 32.2. The van der Waals surface area contributed by atoms with Crippen molar-refractivity contribution in [2.24, 2.45) is 4.99 Å². The number of hydrogen-bond acceptors (Lipinski definition) is 4. The fourth-order valence-corrected chi connectivity index (χ4v) is 3.23. The first-order valence-corrected chi connectivity index (χ1v) is 8.02. The molecule has 1 aromatic heterocycles. The Kier molecular flexibility index (Phi) is 4.24. The number of aromatic nitrogens is 1. The van der Waals surface area contributed by atoms with Gasteiger partial charge in [-0.3, -0.25) is 4.79 Å². The summed E-state index contributed by atoms with van der Waals surface area (Å²) in [4.78, 5) is 20.7. The van der Waals surface area contributed by atoms with Crippen molar-refractivity contribution in [2.45, 2.75) is 25.5 Å². The van der Waals surface area contributed by atoms with Gasteiger partial charge in [0.05, 0.1) is 5.25 Å². The van der Waals surface area contributed by atoms with Crippen LogP contribution < -0.4 is 5.32 Å². The maximum absolute atomic E-state index is 12.1. The van der Waals surface area contributed by atoms with Gasteiger partial charge >= 0.3 is 0 Å². The number of amides is 1. The van der Waals surface area contributed by atoms with Gasteiger partial charge in [-0.05, 0) is 43.5 Å². The predicted octanol–water partition coefficient (Wildman–Crippen LogP) is 3.16. The zero-order valence-electron chi connectivity index (χ0n) is 12.5. The first kappa shape index (κ1) is 14.8. The molecule has 1 aromatic carbocycles. The SMILES string of the molecule is Cc1ccc(CC2SC(=Nc3cc(C)ccn3)NC2=O)cc1. The monoisotopic (exact) mass is 311 g/mol. The number of thioether (sulfide) groups is 1. The summed E-state index contributed by atoms with van der Waals surface area (Å²) in [5.74, 6) is 0.635. The van der Waals surface area contributed by atoms with Gasteiger partial charge < -0.3 is 5.32 Å². The molecule has 0 saturated carbocycles. The summed E-state index contributed by atoms with van der Waals surface area (Å²) in [6.07, 6.45) is 2.43. The third-order valence-corrected chi connectivity index (χ3v) is 4.52. The van der Waals surface area contributed by atoms with E-state index in [1.807, 2.05) is 19.1 Å². The van der Waals surface area contributed by atoms with Crippen LogP contribution in [0.1, 0.15) is 16.7 Å². The molecule has 1 unspecified atom stereocenters. The quantitative estimate of drug-likeness (QED) is 0.947. The highest BCUT2D eigenvalue weighted by molar-refractivity contribution is 8.15. The number of amidine groups is 1. The lowest BCUT2D eigenvalue weighted by Gasteiger charge is -2.05. The number of aliphatic imine (C=N–C) groups is 1. The molecule has 1 amide bonds. The number of benzene rings is 1. The van der Waals surface area contributed by atoms with Crippen molar-refractivity contribution in [2.75, 3.05) is 0 Å². The van der Waals surface area contributed by atoms with E-state index in [9.17, 15) is 4.79 Å². The maximum Gasteiger partial charge on any atom is 0.239 e. The molecular weight excluding hydrogens is 294 g/mol. The van der Waals surface area contributed by atoms with Gasteiger partial charge in [0.2, 0.25) is 5.91 Å². The summed E-state index contributed by atoms with van der Waals surface area (Å²) >= 11 is 1.47. The third kappa shape index (κ3) is 3.54. The number of nitrogens with one attached hydrogen (secondary N) is 1. The van der Waals surface area contributed by atoms with Gasteiger partial charge in [0.1, 0.15) is 0 Å². The van der Waals surface area contributed by atoms with Gasteiger partial charge in [-0.1, -0.05) is 41.6 Å². The van der Waals surface area contributed by atoms with Crippen LogP contribution in [0.4, 0.5) is 5.82 Å². The first-order valence-electron chi connectivity index (χ1n) is 7.14. The van der Waals surface area contributed by atoms with Crippen LogP contribution in [0.25, 0.3) is 0 Å². The minimum absolute atomic E-state index is 0.0111. The molecule has 1 atom stereocenters. The normalized spacial score (nSPS) is 19.5. The van der Waals surface area contributed by atoms with Crippen molar-refractivity contribution < 1.29 is 4.79 Å². The summed E-state index contributed by atoms with van der Waals surface area (Å²) in [7, 11) is 0. The summed E-state index contributed by atoms with van der Waals surface area (Å²) in [6.45, 7) is 4.05. The van der Waals surface area contributed by atoms with Crippen molar-refractivity contribution in [3.05, 3.63) is 59.3 Å². The fourth-order valence-electron chi connectivity index (χ4n) is 2.22. The molecule has 3 rings (SSSR count). The first-order chi connectivity index (χ1) is 10.6. The number of carbonyl (C=O) groups is 1. The second-order valence-electron chi connectivity index (χ2n) is 5.39. The van der Waals surface area contributed by atoms with Crippen molar-refractivity contribution in [1.82, 2.24) is 10.3 Å². The molecule has 1 fully saturated rings. The molecule has 1 aliphatic heterocycles. The van der Waals surface area contributed by atoms with Crippen molar-refractivity contribution in [3.63, 3.8) is 0 Å². The second-order valence-corrected chi connectivity index (χ2v) is 6.59. The molecule has 4 nitrogen and oxygen atoms in total. The van der Waals surface area contributed by atoms with Crippen LogP contribution in [-0.4, -0.2) is 21.3 Å². The van der Waals surface area contributed by atoms with Gasteiger partial charge in [0.15, 0.2) is 11.0 Å². The molecule has 2 heterocycles. The molecule has 1 aliphatic rings. The number of aryl methyl sites for hydroxylation is 2. The lowest BCUT2D eigenvalue weighted by molar-refractivity contribution is -0.118. The molecule has 112 valence electrons. The van der Waals surface area contributed by atoms with Crippen LogP contribution in [0, 0.1) is 13.8 Å². The fraction of sp³-hybridized carbons (Fsp3) is 0.235. The molecular formula is C17H17N3OS.